The zero-order valence-electron chi connectivity index (χ0n) is 18.4. The molecule has 1 atom stereocenters. The maximum absolute atomic E-state index is 12.4. The van der Waals surface area contributed by atoms with Crippen molar-refractivity contribution in [2.45, 2.75) is 68.2 Å². The number of anilines is 2. The van der Waals surface area contributed by atoms with Crippen LogP contribution in [0.4, 0.5) is 29.6 Å². The molecule has 0 unspecified atom stereocenters. The number of nitrogens with two attached hydrogens (primary N) is 1. The molecule has 9 nitrogen and oxygen atoms in total. The van der Waals surface area contributed by atoms with Crippen molar-refractivity contribution < 1.29 is 31.1 Å². The number of carbonyl (C=O) groups excluding carboxylic acids is 1. The van der Waals surface area contributed by atoms with Gasteiger partial charge in [0.15, 0.2) is 0 Å². The van der Waals surface area contributed by atoms with Crippen molar-refractivity contribution in [3.8, 4) is 0 Å². The molecule has 0 bridgehead atoms. The standard InChI is InChI=1S/C21H26F3N5O4S/c1-13(10-21(22,23)24)28-20(30)33-17-6-2-14(3-7-17)15-11-26-19(27-12-15)29-16-4-8-18(9-5-16)34(25,31)32/h4-5,8-9,11-14,17H,2-3,6-7,10H2,1H3,(H,28,30)(H2,25,31,32)(H,26,27,29)/t13-,14-,17+/m0/s1. The summed E-state index contributed by atoms with van der Waals surface area (Å²) in [7, 11) is -3.76. The molecule has 0 spiro atoms. The van der Waals surface area contributed by atoms with Crippen molar-refractivity contribution in [1.29, 1.82) is 0 Å². The molecule has 1 aromatic carbocycles. The average Bonchev–Trinajstić information content (AvgIpc) is 2.73. The predicted octanol–water partition coefficient (Wildman–Crippen LogP) is 3.96. The summed E-state index contributed by atoms with van der Waals surface area (Å²) in [5.41, 5.74) is 1.53. The highest BCUT2D eigenvalue weighted by atomic mass is 32.2. The van der Waals surface area contributed by atoms with Gasteiger partial charge < -0.3 is 15.4 Å². The minimum absolute atomic E-state index is 0.00204. The van der Waals surface area contributed by atoms with Crippen LogP contribution >= 0.6 is 0 Å². The number of carbonyl (C=O) groups is 1. The highest BCUT2D eigenvalue weighted by molar-refractivity contribution is 7.89. The number of benzene rings is 1. The van der Waals surface area contributed by atoms with Crippen LogP contribution in [0, 0.1) is 0 Å². The van der Waals surface area contributed by atoms with Gasteiger partial charge in [0.25, 0.3) is 0 Å². The number of nitrogens with one attached hydrogen (secondary N) is 2. The van der Waals surface area contributed by atoms with E-state index in [1.54, 1.807) is 24.5 Å². The number of alkyl carbamates (subject to hydrolysis) is 1. The zero-order chi connectivity index (χ0) is 24.9. The second kappa shape index (κ2) is 10.6. The molecule has 1 aliphatic carbocycles. The van der Waals surface area contributed by atoms with Crippen molar-refractivity contribution in [3.63, 3.8) is 0 Å². The van der Waals surface area contributed by atoms with Gasteiger partial charge in [-0.1, -0.05) is 0 Å². The molecule has 186 valence electrons. The van der Waals surface area contributed by atoms with Crippen LogP contribution in [0.1, 0.15) is 50.5 Å². The maximum atomic E-state index is 12.4. The van der Waals surface area contributed by atoms with Crippen LogP contribution < -0.4 is 15.8 Å². The molecule has 34 heavy (non-hydrogen) atoms. The summed E-state index contributed by atoms with van der Waals surface area (Å²) >= 11 is 0. The van der Waals surface area contributed by atoms with Gasteiger partial charge in [0.2, 0.25) is 16.0 Å². The van der Waals surface area contributed by atoms with E-state index in [0.29, 0.717) is 24.5 Å². The quantitative estimate of drug-likeness (QED) is 0.522. The number of ether oxygens (including phenoxy) is 1. The van der Waals surface area contributed by atoms with Crippen LogP contribution in [0.2, 0.25) is 0 Å². The highest BCUT2D eigenvalue weighted by Crippen LogP contribution is 2.34. The Bertz CT molecular complexity index is 1070. The zero-order valence-corrected chi connectivity index (χ0v) is 19.2. The molecule has 1 aliphatic rings. The molecule has 4 N–H and O–H groups in total. The molecule has 2 aromatic rings. The SMILES string of the molecule is C[C@@H](CC(F)(F)F)NC(=O)O[C@H]1CC[C@@H](c2cnc(Nc3ccc(S(N)(=O)=O)cc3)nc2)CC1. The van der Waals surface area contributed by atoms with Crippen molar-refractivity contribution in [3.05, 3.63) is 42.2 Å². The van der Waals surface area contributed by atoms with Crippen LogP contribution in [0.25, 0.3) is 0 Å². The van der Waals surface area contributed by atoms with E-state index < -0.39 is 34.8 Å². The van der Waals surface area contributed by atoms with E-state index in [1.807, 2.05) is 0 Å². The normalized spacial score (nSPS) is 19.8. The number of aromatic nitrogens is 2. The summed E-state index contributed by atoms with van der Waals surface area (Å²) < 4.78 is 65.0. The van der Waals surface area contributed by atoms with Crippen LogP contribution in [0.3, 0.4) is 0 Å². The lowest BCUT2D eigenvalue weighted by molar-refractivity contribution is -0.138. The van der Waals surface area contributed by atoms with Crippen molar-refractivity contribution in [2.75, 3.05) is 5.32 Å². The Hall–Kier alpha value is -2.93. The molecule has 0 saturated heterocycles. The minimum atomic E-state index is -4.35. The Balaban J connectivity index is 1.46. The molecule has 1 heterocycles. The third-order valence-electron chi connectivity index (χ3n) is 5.43. The van der Waals surface area contributed by atoms with Crippen LogP contribution in [0.5, 0.6) is 0 Å². The Morgan fingerprint density at radius 1 is 1.15 bits per heavy atom. The second-order valence-corrected chi connectivity index (χ2v) is 9.84. The first-order valence-electron chi connectivity index (χ1n) is 10.6. The lowest BCUT2D eigenvalue weighted by Crippen LogP contribution is -2.38. The van der Waals surface area contributed by atoms with Gasteiger partial charge in [0.05, 0.1) is 11.3 Å². The number of primary sulfonamides is 1. The number of rotatable bonds is 7. The second-order valence-electron chi connectivity index (χ2n) is 8.28. The fourth-order valence-electron chi connectivity index (χ4n) is 3.77. The van der Waals surface area contributed by atoms with E-state index in [-0.39, 0.29) is 16.9 Å². The lowest BCUT2D eigenvalue weighted by atomic mass is 9.84. The van der Waals surface area contributed by atoms with Gasteiger partial charge >= 0.3 is 12.3 Å². The fourth-order valence-corrected chi connectivity index (χ4v) is 4.28. The molecule has 1 aromatic heterocycles. The summed E-state index contributed by atoms with van der Waals surface area (Å²) in [5.74, 6) is 0.518. The first-order chi connectivity index (χ1) is 15.9. The number of nitrogens with zero attached hydrogens (tertiary/aromatic N) is 2. The molecule has 0 aliphatic heterocycles. The van der Waals surface area contributed by atoms with E-state index in [2.05, 4.69) is 20.6 Å². The third-order valence-corrected chi connectivity index (χ3v) is 6.36. The van der Waals surface area contributed by atoms with Crippen molar-refractivity contribution in [2.24, 2.45) is 5.14 Å². The summed E-state index contributed by atoms with van der Waals surface area (Å²) in [5, 5.41) is 10.3. The molecule has 13 heteroatoms. The highest BCUT2D eigenvalue weighted by Gasteiger charge is 2.31. The Kier molecular flexibility index (Phi) is 7.97. The van der Waals surface area contributed by atoms with Crippen molar-refractivity contribution >= 4 is 27.8 Å². The Morgan fingerprint density at radius 3 is 2.26 bits per heavy atom. The Labute approximate surface area is 195 Å². The van der Waals surface area contributed by atoms with Gasteiger partial charge in [0, 0.05) is 24.1 Å². The number of alkyl halides is 3. The van der Waals surface area contributed by atoms with Crippen LogP contribution in [-0.4, -0.2) is 42.8 Å². The summed E-state index contributed by atoms with van der Waals surface area (Å²) in [6, 6.07) is 4.81. The van der Waals surface area contributed by atoms with E-state index in [4.69, 9.17) is 9.88 Å². The Morgan fingerprint density at radius 2 is 1.74 bits per heavy atom. The third kappa shape index (κ3) is 7.83. The van der Waals surface area contributed by atoms with Gasteiger partial charge in [-0.15, -0.1) is 0 Å². The summed E-state index contributed by atoms with van der Waals surface area (Å²) in [6.07, 6.45) is -0.632. The van der Waals surface area contributed by atoms with Gasteiger partial charge in [-0.3, -0.25) is 0 Å². The van der Waals surface area contributed by atoms with E-state index in [9.17, 15) is 26.4 Å². The predicted molar refractivity (Wildman–Crippen MR) is 118 cm³/mol. The van der Waals surface area contributed by atoms with Crippen molar-refractivity contribution in [1.82, 2.24) is 15.3 Å². The van der Waals surface area contributed by atoms with Gasteiger partial charge in [0.1, 0.15) is 6.10 Å². The summed E-state index contributed by atoms with van der Waals surface area (Å²) in [4.78, 5) is 20.4. The molecule has 3 rings (SSSR count). The first kappa shape index (κ1) is 25.7. The monoisotopic (exact) mass is 501 g/mol. The lowest BCUT2D eigenvalue weighted by Gasteiger charge is -2.28. The number of amides is 1. The number of sulfonamides is 1. The van der Waals surface area contributed by atoms with Crippen LogP contribution in [-0.2, 0) is 14.8 Å². The van der Waals surface area contributed by atoms with Gasteiger partial charge in [-0.25, -0.2) is 28.3 Å². The fraction of sp³-hybridized carbons (Fsp3) is 0.476. The van der Waals surface area contributed by atoms with Gasteiger partial charge in [-0.2, -0.15) is 13.2 Å². The first-order valence-corrected chi connectivity index (χ1v) is 12.2. The minimum Gasteiger partial charge on any atom is -0.446 e. The summed E-state index contributed by atoms with van der Waals surface area (Å²) in [6.45, 7) is 1.28. The molecule has 1 fully saturated rings. The van der Waals surface area contributed by atoms with Gasteiger partial charge in [-0.05, 0) is 68.4 Å². The molecule has 1 saturated carbocycles. The number of hydrogen-bond donors (Lipinski definition) is 3. The topological polar surface area (TPSA) is 136 Å². The van der Waals surface area contributed by atoms with Crippen LogP contribution in [0.15, 0.2) is 41.6 Å². The molecule has 0 radical (unpaired) electrons. The maximum Gasteiger partial charge on any atom is 0.407 e. The molecular weight excluding hydrogens is 475 g/mol. The van der Waals surface area contributed by atoms with E-state index >= 15 is 0 Å². The largest absolute Gasteiger partial charge is 0.446 e. The van der Waals surface area contributed by atoms with E-state index in [1.165, 1.54) is 19.1 Å². The smallest absolute Gasteiger partial charge is 0.407 e. The number of hydrogen-bond acceptors (Lipinski definition) is 7. The number of halogens is 3. The average molecular weight is 502 g/mol. The van der Waals surface area contributed by atoms with E-state index in [0.717, 1.165) is 18.4 Å². The molecule has 1 amide bonds. The molecular formula is C21H26F3N5O4S.